The number of hydrogen-bond donors (Lipinski definition) is 2. The van der Waals surface area contributed by atoms with Gasteiger partial charge in [-0.15, -0.1) is 0 Å². The fourth-order valence-corrected chi connectivity index (χ4v) is 1.70. The number of benzene rings is 1. The van der Waals surface area contributed by atoms with Crippen LogP contribution in [0, 0.1) is 5.92 Å². The van der Waals surface area contributed by atoms with E-state index in [1.165, 1.54) is 0 Å². The number of carbonyl (C=O) groups excluding carboxylic acids is 1. The van der Waals surface area contributed by atoms with Crippen LogP contribution in [0.5, 0.6) is 0 Å². The molecule has 1 rings (SSSR count). The van der Waals surface area contributed by atoms with Crippen molar-refractivity contribution in [3.8, 4) is 0 Å². The van der Waals surface area contributed by atoms with Crippen molar-refractivity contribution in [2.45, 2.75) is 26.8 Å². The maximum atomic E-state index is 12.1. The molecule has 1 aromatic rings. The van der Waals surface area contributed by atoms with Crippen molar-refractivity contribution in [1.29, 1.82) is 0 Å². The Labute approximate surface area is 119 Å². The normalized spacial score (nSPS) is 12.5. The first kappa shape index (κ1) is 15.8. The minimum Gasteiger partial charge on any atom is -0.398 e. The second-order valence-electron chi connectivity index (χ2n) is 4.72. The molecule has 3 N–H and O–H groups in total. The molecule has 0 aliphatic rings. The Kier molecular flexibility index (Phi) is 6.12. The monoisotopic (exact) mass is 284 g/mol. The molecule has 1 aromatic carbocycles. The van der Waals surface area contributed by atoms with E-state index >= 15 is 0 Å². The summed E-state index contributed by atoms with van der Waals surface area (Å²) < 4.78 is 5.38. The lowest BCUT2D eigenvalue weighted by Gasteiger charge is -2.22. The largest absolute Gasteiger partial charge is 0.398 e. The molecule has 1 atom stereocenters. The number of carbonyl (C=O) groups is 1. The van der Waals surface area contributed by atoms with E-state index in [4.69, 9.17) is 22.1 Å². The average Bonchev–Trinajstić information content (AvgIpc) is 2.37. The topological polar surface area (TPSA) is 64.3 Å². The minimum absolute atomic E-state index is 0.0237. The molecule has 0 spiro atoms. The van der Waals surface area contributed by atoms with E-state index in [2.05, 4.69) is 5.32 Å². The first-order valence-electron chi connectivity index (χ1n) is 6.39. The number of nitrogens with two attached hydrogens (primary N) is 1. The minimum atomic E-state index is -0.165. The Morgan fingerprint density at radius 2 is 2.16 bits per heavy atom. The van der Waals surface area contributed by atoms with Crippen molar-refractivity contribution in [2.24, 2.45) is 5.92 Å². The second kappa shape index (κ2) is 7.36. The summed E-state index contributed by atoms with van der Waals surface area (Å²) >= 11 is 5.83. The predicted octanol–water partition coefficient (Wildman–Crippen LogP) is 2.71. The first-order valence-corrected chi connectivity index (χ1v) is 6.77. The van der Waals surface area contributed by atoms with Gasteiger partial charge in [0.05, 0.1) is 23.4 Å². The van der Waals surface area contributed by atoms with E-state index in [0.717, 1.165) is 0 Å². The fraction of sp³-hybridized carbons (Fsp3) is 0.500. The Bertz CT molecular complexity index is 435. The van der Waals surface area contributed by atoms with Crippen LogP contribution in [0.15, 0.2) is 18.2 Å². The molecule has 106 valence electrons. The smallest absolute Gasteiger partial charge is 0.251 e. The number of nitrogens with one attached hydrogen (secondary N) is 1. The zero-order valence-electron chi connectivity index (χ0n) is 11.6. The van der Waals surface area contributed by atoms with Gasteiger partial charge in [-0.05, 0) is 31.0 Å². The molecule has 0 saturated heterocycles. The van der Waals surface area contributed by atoms with Crippen molar-refractivity contribution in [3.05, 3.63) is 28.8 Å². The van der Waals surface area contributed by atoms with Crippen LogP contribution in [-0.2, 0) is 4.74 Å². The van der Waals surface area contributed by atoms with Crippen molar-refractivity contribution in [3.63, 3.8) is 0 Å². The number of halogens is 1. The van der Waals surface area contributed by atoms with Crippen LogP contribution in [0.25, 0.3) is 0 Å². The van der Waals surface area contributed by atoms with E-state index in [1.807, 2.05) is 20.8 Å². The van der Waals surface area contributed by atoms with Crippen LogP contribution < -0.4 is 11.1 Å². The molecule has 0 bridgehead atoms. The van der Waals surface area contributed by atoms with Gasteiger partial charge in [-0.3, -0.25) is 4.79 Å². The Balaban J connectivity index is 2.73. The van der Waals surface area contributed by atoms with E-state index in [0.29, 0.717) is 35.4 Å². The van der Waals surface area contributed by atoms with E-state index in [1.54, 1.807) is 18.2 Å². The van der Waals surface area contributed by atoms with Gasteiger partial charge in [0.25, 0.3) is 5.91 Å². The Morgan fingerprint density at radius 3 is 2.68 bits per heavy atom. The summed E-state index contributed by atoms with van der Waals surface area (Å²) in [5.74, 6) is 0.127. The van der Waals surface area contributed by atoms with E-state index in [-0.39, 0.29) is 11.9 Å². The molecular formula is C14H21ClN2O2. The third-order valence-corrected chi connectivity index (χ3v) is 3.23. The SMILES string of the molecule is CCOCC(NC(=O)c1ccc(Cl)c(N)c1)C(C)C. The summed E-state index contributed by atoms with van der Waals surface area (Å²) in [5.41, 5.74) is 6.60. The van der Waals surface area contributed by atoms with Gasteiger partial charge < -0.3 is 15.8 Å². The number of hydrogen-bond acceptors (Lipinski definition) is 3. The number of anilines is 1. The molecule has 1 amide bonds. The first-order chi connectivity index (χ1) is 8.95. The molecule has 19 heavy (non-hydrogen) atoms. The van der Waals surface area contributed by atoms with Crippen LogP contribution in [-0.4, -0.2) is 25.2 Å². The summed E-state index contributed by atoms with van der Waals surface area (Å²) in [6.07, 6.45) is 0. The Hall–Kier alpha value is -1.26. The second-order valence-corrected chi connectivity index (χ2v) is 5.13. The lowest BCUT2D eigenvalue weighted by molar-refractivity contribution is 0.0806. The number of ether oxygens (including phenoxy) is 1. The summed E-state index contributed by atoms with van der Waals surface area (Å²) in [5, 5.41) is 3.40. The zero-order valence-corrected chi connectivity index (χ0v) is 12.3. The average molecular weight is 285 g/mol. The molecular weight excluding hydrogens is 264 g/mol. The van der Waals surface area contributed by atoms with Crippen LogP contribution in [0.3, 0.4) is 0 Å². The predicted molar refractivity (Wildman–Crippen MR) is 78.4 cm³/mol. The van der Waals surface area contributed by atoms with Crippen molar-refractivity contribution in [2.75, 3.05) is 18.9 Å². The van der Waals surface area contributed by atoms with Gasteiger partial charge >= 0.3 is 0 Å². The van der Waals surface area contributed by atoms with E-state index in [9.17, 15) is 4.79 Å². The molecule has 0 aromatic heterocycles. The molecule has 5 heteroatoms. The van der Waals surface area contributed by atoms with Crippen LogP contribution in [0.1, 0.15) is 31.1 Å². The van der Waals surface area contributed by atoms with Gasteiger partial charge in [-0.1, -0.05) is 25.4 Å². The number of amides is 1. The molecule has 0 saturated carbocycles. The van der Waals surface area contributed by atoms with Crippen molar-refractivity contribution in [1.82, 2.24) is 5.32 Å². The standard InChI is InChI=1S/C14H21ClN2O2/c1-4-19-8-13(9(2)3)17-14(18)10-5-6-11(15)12(16)7-10/h5-7,9,13H,4,8,16H2,1-3H3,(H,17,18). The summed E-state index contributed by atoms with van der Waals surface area (Å²) in [4.78, 5) is 12.1. The zero-order chi connectivity index (χ0) is 14.4. The summed E-state index contributed by atoms with van der Waals surface area (Å²) in [7, 11) is 0. The highest BCUT2D eigenvalue weighted by Gasteiger charge is 2.17. The highest BCUT2D eigenvalue weighted by molar-refractivity contribution is 6.33. The molecule has 1 unspecified atom stereocenters. The lowest BCUT2D eigenvalue weighted by atomic mass is 10.0. The number of rotatable bonds is 6. The van der Waals surface area contributed by atoms with Crippen LogP contribution >= 0.6 is 11.6 Å². The van der Waals surface area contributed by atoms with Gasteiger partial charge in [-0.25, -0.2) is 0 Å². The van der Waals surface area contributed by atoms with Crippen LogP contribution in [0.2, 0.25) is 5.02 Å². The quantitative estimate of drug-likeness (QED) is 0.790. The van der Waals surface area contributed by atoms with Gasteiger partial charge in [-0.2, -0.15) is 0 Å². The van der Waals surface area contributed by atoms with Gasteiger partial charge in [0, 0.05) is 12.2 Å². The third kappa shape index (κ3) is 4.73. The fourth-order valence-electron chi connectivity index (χ4n) is 1.58. The van der Waals surface area contributed by atoms with Gasteiger partial charge in [0.1, 0.15) is 0 Å². The molecule has 0 aliphatic carbocycles. The van der Waals surface area contributed by atoms with Crippen LogP contribution in [0.4, 0.5) is 5.69 Å². The van der Waals surface area contributed by atoms with Crippen molar-refractivity contribution >= 4 is 23.2 Å². The van der Waals surface area contributed by atoms with Gasteiger partial charge in [0.15, 0.2) is 0 Å². The Morgan fingerprint density at radius 1 is 1.47 bits per heavy atom. The molecule has 4 nitrogen and oxygen atoms in total. The molecule has 0 aliphatic heterocycles. The van der Waals surface area contributed by atoms with Gasteiger partial charge in [0.2, 0.25) is 0 Å². The van der Waals surface area contributed by atoms with Crippen molar-refractivity contribution < 1.29 is 9.53 Å². The highest BCUT2D eigenvalue weighted by atomic mass is 35.5. The third-order valence-electron chi connectivity index (χ3n) is 2.88. The molecule has 0 fully saturated rings. The lowest BCUT2D eigenvalue weighted by Crippen LogP contribution is -2.41. The number of nitrogen functional groups attached to an aromatic ring is 1. The highest BCUT2D eigenvalue weighted by Crippen LogP contribution is 2.19. The maximum Gasteiger partial charge on any atom is 0.251 e. The molecule has 0 heterocycles. The maximum absolute atomic E-state index is 12.1. The molecule has 0 radical (unpaired) electrons. The summed E-state index contributed by atoms with van der Waals surface area (Å²) in [6.45, 7) is 7.15. The van der Waals surface area contributed by atoms with E-state index < -0.39 is 0 Å². The summed E-state index contributed by atoms with van der Waals surface area (Å²) in [6, 6.07) is 4.84.